The Morgan fingerprint density at radius 1 is 0.609 bits per heavy atom. The zero-order chi connectivity index (χ0) is 17.4. The first-order chi connectivity index (χ1) is 10.5. The SMILES string of the molecule is Fc1c(Oc2cccc(C(F)(F)F)c2F)cccc1C(F)(F)F. The van der Waals surface area contributed by atoms with Crippen molar-refractivity contribution in [1.29, 1.82) is 0 Å². The molecule has 0 saturated carbocycles. The molecule has 0 saturated heterocycles. The molecule has 2 aromatic carbocycles. The highest BCUT2D eigenvalue weighted by molar-refractivity contribution is 5.39. The van der Waals surface area contributed by atoms with Crippen LogP contribution in [0.3, 0.4) is 0 Å². The lowest BCUT2D eigenvalue weighted by Crippen LogP contribution is -2.10. The highest BCUT2D eigenvalue weighted by Crippen LogP contribution is 2.39. The molecule has 0 radical (unpaired) electrons. The van der Waals surface area contributed by atoms with Gasteiger partial charge in [-0.25, -0.2) is 8.78 Å². The highest BCUT2D eigenvalue weighted by atomic mass is 19.4. The number of alkyl halides is 6. The maximum absolute atomic E-state index is 13.7. The molecule has 1 nitrogen and oxygen atoms in total. The summed E-state index contributed by atoms with van der Waals surface area (Å²) in [6, 6.07) is 3.89. The van der Waals surface area contributed by atoms with Crippen molar-refractivity contribution in [2.24, 2.45) is 0 Å². The van der Waals surface area contributed by atoms with E-state index in [0.717, 1.165) is 24.3 Å². The molecule has 0 bridgehead atoms. The van der Waals surface area contributed by atoms with Crippen LogP contribution >= 0.6 is 0 Å². The molecule has 0 aromatic heterocycles. The summed E-state index contributed by atoms with van der Waals surface area (Å²) >= 11 is 0. The van der Waals surface area contributed by atoms with Gasteiger partial charge in [0.05, 0.1) is 11.1 Å². The van der Waals surface area contributed by atoms with Crippen molar-refractivity contribution in [1.82, 2.24) is 0 Å². The Morgan fingerprint density at radius 3 is 1.26 bits per heavy atom. The Kier molecular flexibility index (Phi) is 4.23. The minimum atomic E-state index is -5.03. The molecule has 0 atom stereocenters. The van der Waals surface area contributed by atoms with E-state index in [9.17, 15) is 35.1 Å². The van der Waals surface area contributed by atoms with E-state index in [1.807, 2.05) is 0 Å². The molecule has 9 heteroatoms. The summed E-state index contributed by atoms with van der Waals surface area (Å²) in [7, 11) is 0. The van der Waals surface area contributed by atoms with Crippen molar-refractivity contribution in [3.05, 3.63) is 59.2 Å². The lowest BCUT2D eigenvalue weighted by atomic mass is 10.1. The number of hydrogen-bond acceptors (Lipinski definition) is 1. The first-order valence-electron chi connectivity index (χ1n) is 5.91. The van der Waals surface area contributed by atoms with E-state index in [-0.39, 0.29) is 0 Å². The van der Waals surface area contributed by atoms with Crippen molar-refractivity contribution in [2.45, 2.75) is 12.4 Å². The van der Waals surface area contributed by atoms with Crippen LogP contribution in [-0.4, -0.2) is 0 Å². The summed E-state index contributed by atoms with van der Waals surface area (Å²) in [5, 5.41) is 0. The van der Waals surface area contributed by atoms with Gasteiger partial charge in [-0.05, 0) is 24.3 Å². The Labute approximate surface area is 124 Å². The Hall–Kier alpha value is -2.32. The molecule has 0 fully saturated rings. The molecule has 124 valence electrons. The van der Waals surface area contributed by atoms with Gasteiger partial charge in [0.25, 0.3) is 0 Å². The van der Waals surface area contributed by atoms with E-state index in [4.69, 9.17) is 0 Å². The monoisotopic (exact) mass is 342 g/mol. The van der Waals surface area contributed by atoms with Crippen molar-refractivity contribution < 1.29 is 39.9 Å². The number of benzene rings is 2. The summed E-state index contributed by atoms with van der Waals surface area (Å²) in [5.41, 5.74) is -3.36. The van der Waals surface area contributed by atoms with Crippen LogP contribution in [0.15, 0.2) is 36.4 Å². The Morgan fingerprint density at radius 2 is 0.957 bits per heavy atom. The summed E-state index contributed by atoms with van der Waals surface area (Å²) in [6.07, 6.45) is -10.1. The fourth-order valence-electron chi connectivity index (χ4n) is 1.74. The van der Waals surface area contributed by atoms with Crippen molar-refractivity contribution in [3.63, 3.8) is 0 Å². The summed E-state index contributed by atoms with van der Waals surface area (Å²) < 4.78 is 107. The molecule has 0 aliphatic rings. The third-order valence-electron chi connectivity index (χ3n) is 2.76. The number of hydrogen-bond donors (Lipinski definition) is 0. The normalized spacial score (nSPS) is 12.3. The van der Waals surface area contributed by atoms with Gasteiger partial charge < -0.3 is 4.74 Å². The third kappa shape index (κ3) is 3.54. The molecule has 0 aliphatic carbocycles. The lowest BCUT2D eigenvalue weighted by molar-refractivity contribution is -0.140. The van der Waals surface area contributed by atoms with Crippen molar-refractivity contribution in [3.8, 4) is 11.5 Å². The number of rotatable bonds is 2. The van der Waals surface area contributed by atoms with Gasteiger partial charge in [-0.1, -0.05) is 12.1 Å². The first kappa shape index (κ1) is 17.0. The van der Waals surface area contributed by atoms with Crippen LogP contribution in [0.5, 0.6) is 11.5 Å². The zero-order valence-electron chi connectivity index (χ0n) is 10.9. The van der Waals surface area contributed by atoms with Gasteiger partial charge in [0.15, 0.2) is 23.1 Å². The second-order valence-electron chi connectivity index (χ2n) is 4.33. The third-order valence-corrected chi connectivity index (χ3v) is 2.76. The number of ether oxygens (including phenoxy) is 1. The van der Waals surface area contributed by atoms with E-state index in [2.05, 4.69) is 4.74 Å². The molecule has 0 unspecified atom stereocenters. The van der Waals surface area contributed by atoms with Gasteiger partial charge in [-0.2, -0.15) is 26.3 Å². The molecule has 2 rings (SSSR count). The fraction of sp³-hybridized carbons (Fsp3) is 0.143. The molecule has 0 amide bonds. The molecule has 23 heavy (non-hydrogen) atoms. The van der Waals surface area contributed by atoms with Crippen molar-refractivity contribution >= 4 is 0 Å². The maximum Gasteiger partial charge on any atom is 0.419 e. The largest absolute Gasteiger partial charge is 0.451 e. The van der Waals surface area contributed by atoms with E-state index in [1.165, 1.54) is 0 Å². The van der Waals surface area contributed by atoms with Crippen LogP contribution in [0, 0.1) is 11.6 Å². The molecular formula is C14H6F8O. The average Bonchev–Trinajstić information content (AvgIpc) is 2.40. The van der Waals surface area contributed by atoms with Crippen LogP contribution < -0.4 is 4.74 Å². The fourth-order valence-corrected chi connectivity index (χ4v) is 1.74. The standard InChI is InChI=1S/C14H6F8O/c15-11-7(13(17,18)19)3-1-5-9(11)23-10-6-2-4-8(12(10)16)14(20,21)22/h1-6H. The molecule has 0 heterocycles. The first-order valence-corrected chi connectivity index (χ1v) is 5.91. The van der Waals surface area contributed by atoms with Gasteiger partial charge in [-0.15, -0.1) is 0 Å². The molecule has 0 N–H and O–H groups in total. The smallest absolute Gasteiger partial charge is 0.419 e. The molecule has 0 spiro atoms. The van der Waals surface area contributed by atoms with Gasteiger partial charge in [-0.3, -0.25) is 0 Å². The average molecular weight is 342 g/mol. The Bertz CT molecular complexity index is 656. The second kappa shape index (κ2) is 5.71. The van der Waals surface area contributed by atoms with E-state index in [0.29, 0.717) is 12.1 Å². The van der Waals surface area contributed by atoms with E-state index in [1.54, 1.807) is 0 Å². The van der Waals surface area contributed by atoms with Gasteiger partial charge >= 0.3 is 12.4 Å². The van der Waals surface area contributed by atoms with E-state index >= 15 is 0 Å². The summed E-state index contributed by atoms with van der Waals surface area (Å²) in [6.45, 7) is 0. The summed E-state index contributed by atoms with van der Waals surface area (Å²) in [4.78, 5) is 0. The predicted octanol–water partition coefficient (Wildman–Crippen LogP) is 5.79. The van der Waals surface area contributed by atoms with Crippen LogP contribution in [0.25, 0.3) is 0 Å². The van der Waals surface area contributed by atoms with E-state index < -0.39 is 46.6 Å². The van der Waals surface area contributed by atoms with Gasteiger partial charge in [0.2, 0.25) is 0 Å². The topological polar surface area (TPSA) is 9.23 Å². The predicted molar refractivity (Wildman–Crippen MR) is 62.9 cm³/mol. The van der Waals surface area contributed by atoms with Crippen LogP contribution in [0.2, 0.25) is 0 Å². The number of halogens is 8. The second-order valence-corrected chi connectivity index (χ2v) is 4.33. The van der Waals surface area contributed by atoms with Gasteiger partial charge in [0.1, 0.15) is 0 Å². The molecule has 2 aromatic rings. The van der Waals surface area contributed by atoms with Crippen LogP contribution in [0.1, 0.15) is 11.1 Å². The minimum Gasteiger partial charge on any atom is -0.451 e. The Balaban J connectivity index is 2.46. The van der Waals surface area contributed by atoms with Crippen molar-refractivity contribution in [2.75, 3.05) is 0 Å². The lowest BCUT2D eigenvalue weighted by Gasteiger charge is -2.14. The maximum atomic E-state index is 13.7. The molecular weight excluding hydrogens is 336 g/mol. The van der Waals surface area contributed by atoms with Gasteiger partial charge in [0, 0.05) is 0 Å². The summed E-state index contributed by atoms with van der Waals surface area (Å²) in [5.74, 6) is -5.79. The minimum absolute atomic E-state index is 0.421. The molecule has 0 aliphatic heterocycles. The van der Waals surface area contributed by atoms with Crippen LogP contribution in [0.4, 0.5) is 35.1 Å². The highest BCUT2D eigenvalue weighted by Gasteiger charge is 2.37. The quantitative estimate of drug-likeness (QED) is 0.627. The van der Waals surface area contributed by atoms with Crippen LogP contribution in [-0.2, 0) is 12.4 Å². The zero-order valence-corrected chi connectivity index (χ0v) is 10.9.